The van der Waals surface area contributed by atoms with E-state index in [-0.39, 0.29) is 28.6 Å². The summed E-state index contributed by atoms with van der Waals surface area (Å²) >= 11 is 0. The third kappa shape index (κ3) is 2.00. The van der Waals surface area contributed by atoms with E-state index in [0.717, 1.165) is 32.1 Å². The maximum atomic E-state index is 12.2. The highest BCUT2D eigenvalue weighted by Crippen LogP contribution is 2.55. The molecular formula is C14H23NO2. The lowest BCUT2D eigenvalue weighted by molar-refractivity contribution is -0.149. The van der Waals surface area contributed by atoms with Crippen molar-refractivity contribution in [2.45, 2.75) is 59.3 Å². The van der Waals surface area contributed by atoms with Crippen molar-refractivity contribution in [1.82, 2.24) is 5.32 Å². The summed E-state index contributed by atoms with van der Waals surface area (Å²) in [5.41, 5.74) is -0.0615. The van der Waals surface area contributed by atoms with Crippen molar-refractivity contribution < 1.29 is 9.59 Å². The summed E-state index contributed by atoms with van der Waals surface area (Å²) in [6.07, 6.45) is 5.93. The zero-order chi connectivity index (χ0) is 12.7. The van der Waals surface area contributed by atoms with Gasteiger partial charge in [-0.1, -0.05) is 40.0 Å². The average Bonchev–Trinajstić information content (AvgIpc) is 2.64. The van der Waals surface area contributed by atoms with Gasteiger partial charge >= 0.3 is 0 Å². The Balaban J connectivity index is 2.37. The second kappa shape index (κ2) is 4.11. The molecule has 1 atom stereocenters. The molecule has 2 aliphatic rings. The Morgan fingerprint density at radius 3 is 2.41 bits per heavy atom. The van der Waals surface area contributed by atoms with Crippen LogP contribution >= 0.6 is 0 Å². The first-order valence-electron chi connectivity index (χ1n) is 6.75. The van der Waals surface area contributed by atoms with Crippen LogP contribution in [-0.2, 0) is 9.59 Å². The molecule has 1 saturated carbocycles. The number of carbonyl (C=O) groups excluding carboxylic acids is 2. The van der Waals surface area contributed by atoms with Crippen molar-refractivity contribution in [3.63, 3.8) is 0 Å². The van der Waals surface area contributed by atoms with Crippen molar-refractivity contribution in [3.8, 4) is 0 Å². The molecule has 1 aliphatic carbocycles. The minimum atomic E-state index is -0.0694. The van der Waals surface area contributed by atoms with Crippen LogP contribution in [0.15, 0.2) is 0 Å². The third-order valence-corrected chi connectivity index (χ3v) is 4.94. The highest BCUT2D eigenvalue weighted by atomic mass is 16.2. The third-order valence-electron chi connectivity index (χ3n) is 4.94. The first-order valence-corrected chi connectivity index (χ1v) is 6.75. The zero-order valence-corrected chi connectivity index (χ0v) is 11.1. The second-order valence-electron chi connectivity index (χ2n) is 6.43. The molecule has 96 valence electrons. The lowest BCUT2D eigenvalue weighted by atomic mass is 9.58. The fourth-order valence-corrected chi connectivity index (χ4v) is 3.89. The monoisotopic (exact) mass is 237 g/mol. The minimum absolute atomic E-state index is 0.000185. The fraction of sp³-hybridized carbons (Fsp3) is 0.857. The summed E-state index contributed by atoms with van der Waals surface area (Å²) in [6, 6.07) is 0. The molecule has 0 radical (unpaired) electrons. The standard InChI is InChI=1S/C14H23NO2/c1-4-13(2,3)11-12(17)15-10(16)9-14(11)7-5-6-8-14/h11H,4-9H2,1-3H3,(H,15,16,17). The smallest absolute Gasteiger partial charge is 0.230 e. The maximum absolute atomic E-state index is 12.2. The van der Waals surface area contributed by atoms with E-state index < -0.39 is 0 Å². The van der Waals surface area contributed by atoms with E-state index in [2.05, 4.69) is 26.1 Å². The van der Waals surface area contributed by atoms with Crippen molar-refractivity contribution in [1.29, 1.82) is 0 Å². The lowest BCUT2D eigenvalue weighted by Gasteiger charge is -2.47. The van der Waals surface area contributed by atoms with E-state index >= 15 is 0 Å². The Morgan fingerprint density at radius 1 is 1.29 bits per heavy atom. The van der Waals surface area contributed by atoms with Gasteiger partial charge in [0.15, 0.2) is 0 Å². The summed E-state index contributed by atoms with van der Waals surface area (Å²) < 4.78 is 0. The van der Waals surface area contributed by atoms with Gasteiger partial charge < -0.3 is 0 Å². The van der Waals surface area contributed by atoms with Crippen LogP contribution in [0, 0.1) is 16.7 Å². The first kappa shape index (κ1) is 12.6. The maximum Gasteiger partial charge on any atom is 0.230 e. The summed E-state index contributed by atoms with van der Waals surface area (Å²) in [6.45, 7) is 6.45. The molecule has 3 heteroatoms. The summed E-state index contributed by atoms with van der Waals surface area (Å²) in [7, 11) is 0. The molecule has 1 unspecified atom stereocenters. The Bertz CT molecular complexity index is 340. The van der Waals surface area contributed by atoms with Gasteiger partial charge in [-0.2, -0.15) is 0 Å². The lowest BCUT2D eigenvalue weighted by Crippen LogP contribution is -2.56. The molecule has 17 heavy (non-hydrogen) atoms. The highest BCUT2D eigenvalue weighted by molar-refractivity contribution is 6.00. The number of hydrogen-bond donors (Lipinski definition) is 1. The van der Waals surface area contributed by atoms with Crippen LogP contribution in [0.3, 0.4) is 0 Å². The van der Waals surface area contributed by atoms with Crippen LogP contribution in [0.25, 0.3) is 0 Å². The molecule has 1 heterocycles. The number of carbonyl (C=O) groups is 2. The molecule has 1 aliphatic heterocycles. The van der Waals surface area contributed by atoms with Gasteiger partial charge in [-0.25, -0.2) is 0 Å². The molecule has 2 rings (SSSR count). The zero-order valence-electron chi connectivity index (χ0n) is 11.1. The van der Waals surface area contributed by atoms with E-state index in [9.17, 15) is 9.59 Å². The van der Waals surface area contributed by atoms with E-state index in [4.69, 9.17) is 0 Å². The van der Waals surface area contributed by atoms with Gasteiger partial charge in [0.25, 0.3) is 0 Å². The molecule has 0 aromatic heterocycles. The van der Waals surface area contributed by atoms with Crippen molar-refractivity contribution >= 4 is 11.8 Å². The summed E-state index contributed by atoms with van der Waals surface area (Å²) in [5, 5.41) is 2.54. The molecule has 2 amide bonds. The quantitative estimate of drug-likeness (QED) is 0.750. The normalized spacial score (nSPS) is 28.5. The van der Waals surface area contributed by atoms with Crippen molar-refractivity contribution in [3.05, 3.63) is 0 Å². The number of imide groups is 1. The molecule has 1 saturated heterocycles. The SMILES string of the molecule is CCC(C)(C)C1C(=O)NC(=O)CC12CCCC2. The van der Waals surface area contributed by atoms with Gasteiger partial charge in [0.1, 0.15) is 0 Å². The molecule has 3 nitrogen and oxygen atoms in total. The van der Waals surface area contributed by atoms with Crippen LogP contribution < -0.4 is 5.32 Å². The number of piperidine rings is 1. The molecule has 1 N–H and O–H groups in total. The van der Waals surface area contributed by atoms with Gasteiger partial charge in [-0.3, -0.25) is 14.9 Å². The number of nitrogens with one attached hydrogen (secondary N) is 1. The van der Waals surface area contributed by atoms with Crippen molar-refractivity contribution in [2.75, 3.05) is 0 Å². The Labute approximate surface area is 103 Å². The summed E-state index contributed by atoms with van der Waals surface area (Å²) in [4.78, 5) is 23.9. The molecule has 0 aromatic rings. The van der Waals surface area contributed by atoms with Gasteiger partial charge in [0.05, 0.1) is 0 Å². The summed E-state index contributed by atoms with van der Waals surface area (Å²) in [5.74, 6) is -0.102. The fourth-order valence-electron chi connectivity index (χ4n) is 3.89. The van der Waals surface area contributed by atoms with Gasteiger partial charge in [-0.15, -0.1) is 0 Å². The predicted octanol–water partition coefficient (Wildman–Crippen LogP) is 2.65. The second-order valence-corrected chi connectivity index (χ2v) is 6.43. The number of hydrogen-bond acceptors (Lipinski definition) is 2. The van der Waals surface area contributed by atoms with E-state index in [1.165, 1.54) is 0 Å². The van der Waals surface area contributed by atoms with Crippen LogP contribution in [0.2, 0.25) is 0 Å². The van der Waals surface area contributed by atoms with Crippen LogP contribution in [0.1, 0.15) is 59.3 Å². The van der Waals surface area contributed by atoms with Crippen molar-refractivity contribution in [2.24, 2.45) is 16.7 Å². The van der Waals surface area contributed by atoms with E-state index in [0.29, 0.717) is 6.42 Å². The average molecular weight is 237 g/mol. The Hall–Kier alpha value is -0.860. The Morgan fingerprint density at radius 2 is 1.88 bits per heavy atom. The van der Waals surface area contributed by atoms with Gasteiger partial charge in [0.2, 0.25) is 11.8 Å². The van der Waals surface area contributed by atoms with Gasteiger partial charge in [-0.05, 0) is 23.7 Å². The van der Waals surface area contributed by atoms with Crippen LogP contribution in [0.5, 0.6) is 0 Å². The van der Waals surface area contributed by atoms with E-state index in [1.54, 1.807) is 0 Å². The van der Waals surface area contributed by atoms with Crippen LogP contribution in [0.4, 0.5) is 0 Å². The molecular weight excluding hydrogens is 214 g/mol. The predicted molar refractivity (Wildman–Crippen MR) is 66.2 cm³/mol. The number of amides is 2. The topological polar surface area (TPSA) is 46.2 Å². The largest absolute Gasteiger partial charge is 0.296 e. The molecule has 1 spiro atoms. The molecule has 0 bridgehead atoms. The van der Waals surface area contributed by atoms with Crippen LogP contribution in [-0.4, -0.2) is 11.8 Å². The molecule has 0 aromatic carbocycles. The van der Waals surface area contributed by atoms with E-state index in [1.807, 2.05) is 0 Å². The van der Waals surface area contributed by atoms with Gasteiger partial charge in [0, 0.05) is 12.3 Å². The highest BCUT2D eigenvalue weighted by Gasteiger charge is 2.54. The Kier molecular flexibility index (Phi) is 3.04. The molecule has 2 fully saturated rings. The number of rotatable bonds is 2. The minimum Gasteiger partial charge on any atom is -0.296 e. The first-order chi connectivity index (χ1) is 7.91.